The molecule has 0 aliphatic carbocycles. The number of ether oxygens (including phenoxy) is 1. The predicted octanol–water partition coefficient (Wildman–Crippen LogP) is 3.58. The molecule has 6 heteroatoms. The second-order valence-corrected chi connectivity index (χ2v) is 6.70. The Kier molecular flexibility index (Phi) is 4.67. The maximum Gasteiger partial charge on any atom is 0.259 e. The number of rotatable bonds is 5. The molecule has 0 radical (unpaired) electrons. The first-order valence-corrected chi connectivity index (χ1v) is 8.84. The van der Waals surface area contributed by atoms with Crippen molar-refractivity contribution in [1.29, 1.82) is 0 Å². The van der Waals surface area contributed by atoms with Crippen LogP contribution in [0, 0.1) is 12.8 Å². The third-order valence-electron chi connectivity index (χ3n) is 4.82. The fraction of sp³-hybridized carbons (Fsp3) is 0.350. The van der Waals surface area contributed by atoms with Gasteiger partial charge in [0, 0.05) is 37.9 Å². The van der Waals surface area contributed by atoms with Gasteiger partial charge in [0.1, 0.15) is 5.82 Å². The lowest BCUT2D eigenvalue weighted by Crippen LogP contribution is -2.21. The third-order valence-corrected chi connectivity index (χ3v) is 4.82. The van der Waals surface area contributed by atoms with E-state index in [-0.39, 0.29) is 0 Å². The Morgan fingerprint density at radius 3 is 2.88 bits per heavy atom. The minimum Gasteiger partial charge on any atom is -0.384 e. The van der Waals surface area contributed by atoms with E-state index >= 15 is 0 Å². The van der Waals surface area contributed by atoms with Gasteiger partial charge in [0.2, 0.25) is 5.82 Å². The second kappa shape index (κ2) is 7.25. The summed E-state index contributed by atoms with van der Waals surface area (Å²) in [5, 5.41) is 4.12. The van der Waals surface area contributed by atoms with Gasteiger partial charge < -0.3 is 14.2 Å². The van der Waals surface area contributed by atoms with Gasteiger partial charge in [0.05, 0.1) is 12.2 Å². The molecule has 1 aliphatic heterocycles. The average Bonchev–Trinajstić information content (AvgIpc) is 3.32. The van der Waals surface area contributed by atoms with Gasteiger partial charge in [-0.25, -0.2) is 4.98 Å². The van der Waals surface area contributed by atoms with Crippen molar-refractivity contribution in [1.82, 2.24) is 15.1 Å². The van der Waals surface area contributed by atoms with Crippen molar-refractivity contribution in [3.05, 3.63) is 48.2 Å². The van der Waals surface area contributed by atoms with Crippen molar-refractivity contribution in [2.24, 2.45) is 5.92 Å². The molecule has 0 unspecified atom stereocenters. The Bertz CT molecular complexity index is 876. The van der Waals surface area contributed by atoms with E-state index in [0.717, 1.165) is 48.6 Å². The van der Waals surface area contributed by atoms with Gasteiger partial charge in [-0.15, -0.1) is 0 Å². The van der Waals surface area contributed by atoms with Crippen LogP contribution < -0.4 is 4.90 Å². The number of aromatic nitrogens is 3. The van der Waals surface area contributed by atoms with Crippen LogP contribution in [0.1, 0.15) is 12.0 Å². The molecule has 2 aromatic heterocycles. The van der Waals surface area contributed by atoms with E-state index in [9.17, 15) is 0 Å². The van der Waals surface area contributed by atoms with E-state index in [1.165, 1.54) is 0 Å². The van der Waals surface area contributed by atoms with Crippen molar-refractivity contribution in [3.8, 4) is 22.8 Å². The first-order valence-electron chi connectivity index (χ1n) is 8.84. The molecule has 1 atom stereocenters. The molecule has 0 N–H and O–H groups in total. The highest BCUT2D eigenvalue weighted by Crippen LogP contribution is 2.26. The molecule has 0 amide bonds. The molecule has 3 heterocycles. The van der Waals surface area contributed by atoms with Crippen LogP contribution in [0.2, 0.25) is 0 Å². The average molecular weight is 350 g/mol. The van der Waals surface area contributed by atoms with Crippen LogP contribution in [0.3, 0.4) is 0 Å². The van der Waals surface area contributed by atoms with Gasteiger partial charge in [-0.3, -0.25) is 0 Å². The fourth-order valence-electron chi connectivity index (χ4n) is 3.39. The lowest BCUT2D eigenvalue weighted by Gasteiger charge is -2.17. The summed E-state index contributed by atoms with van der Waals surface area (Å²) in [4.78, 5) is 11.4. The molecule has 1 aromatic carbocycles. The summed E-state index contributed by atoms with van der Waals surface area (Å²) in [6.45, 7) is 4.84. The first kappa shape index (κ1) is 16.7. The van der Waals surface area contributed by atoms with Gasteiger partial charge in [-0.2, -0.15) is 4.98 Å². The van der Waals surface area contributed by atoms with Gasteiger partial charge in [0.15, 0.2) is 0 Å². The lowest BCUT2D eigenvalue weighted by atomic mass is 10.1. The number of hydrogen-bond donors (Lipinski definition) is 0. The van der Waals surface area contributed by atoms with Crippen molar-refractivity contribution in [2.75, 3.05) is 31.7 Å². The Morgan fingerprint density at radius 2 is 2.12 bits per heavy atom. The fourth-order valence-corrected chi connectivity index (χ4v) is 3.39. The Balaban J connectivity index is 1.50. The molecule has 0 bridgehead atoms. The minimum atomic E-state index is 0.487. The highest BCUT2D eigenvalue weighted by Gasteiger charge is 2.23. The zero-order valence-electron chi connectivity index (χ0n) is 15.1. The maximum atomic E-state index is 5.44. The SMILES string of the molecule is COC[C@H]1CCN(c2ccc(-c3nc(-c4ccccc4C)no3)cn2)C1. The molecule has 3 aromatic rings. The first-order chi connectivity index (χ1) is 12.7. The van der Waals surface area contributed by atoms with Crippen molar-refractivity contribution < 1.29 is 9.26 Å². The molecule has 134 valence electrons. The molecule has 1 saturated heterocycles. The maximum absolute atomic E-state index is 5.44. The van der Waals surface area contributed by atoms with E-state index in [1.807, 2.05) is 43.3 Å². The zero-order valence-corrected chi connectivity index (χ0v) is 15.1. The van der Waals surface area contributed by atoms with Crippen LogP contribution in [-0.4, -0.2) is 41.9 Å². The summed E-state index contributed by atoms with van der Waals surface area (Å²) in [5.41, 5.74) is 2.93. The predicted molar refractivity (Wildman–Crippen MR) is 99.9 cm³/mol. The highest BCUT2D eigenvalue weighted by molar-refractivity contribution is 5.62. The molecule has 1 aliphatic rings. The Labute approximate surface area is 152 Å². The molecule has 0 saturated carbocycles. The van der Waals surface area contributed by atoms with Crippen LogP contribution in [0.15, 0.2) is 47.1 Å². The number of hydrogen-bond acceptors (Lipinski definition) is 6. The van der Waals surface area contributed by atoms with E-state index in [0.29, 0.717) is 17.6 Å². The zero-order chi connectivity index (χ0) is 17.9. The van der Waals surface area contributed by atoms with Crippen molar-refractivity contribution in [3.63, 3.8) is 0 Å². The number of anilines is 1. The normalized spacial score (nSPS) is 17.0. The van der Waals surface area contributed by atoms with E-state index in [4.69, 9.17) is 9.26 Å². The van der Waals surface area contributed by atoms with Crippen LogP contribution in [0.25, 0.3) is 22.8 Å². The van der Waals surface area contributed by atoms with Crippen LogP contribution in [-0.2, 0) is 4.74 Å². The van der Waals surface area contributed by atoms with Gasteiger partial charge >= 0.3 is 0 Å². The topological polar surface area (TPSA) is 64.3 Å². The Hall–Kier alpha value is -2.73. The monoisotopic (exact) mass is 350 g/mol. The van der Waals surface area contributed by atoms with Gasteiger partial charge in [-0.1, -0.05) is 29.4 Å². The van der Waals surface area contributed by atoms with E-state index in [2.05, 4.69) is 20.0 Å². The number of nitrogens with zero attached hydrogens (tertiary/aromatic N) is 4. The van der Waals surface area contributed by atoms with Gasteiger partial charge in [-0.05, 0) is 31.0 Å². The summed E-state index contributed by atoms with van der Waals surface area (Å²) >= 11 is 0. The number of benzene rings is 1. The van der Waals surface area contributed by atoms with Gasteiger partial charge in [0.25, 0.3) is 5.89 Å². The number of methoxy groups -OCH3 is 1. The molecular weight excluding hydrogens is 328 g/mol. The quantitative estimate of drug-likeness (QED) is 0.701. The number of aryl methyl sites for hydroxylation is 1. The minimum absolute atomic E-state index is 0.487. The largest absolute Gasteiger partial charge is 0.384 e. The molecule has 6 nitrogen and oxygen atoms in total. The highest BCUT2D eigenvalue weighted by atomic mass is 16.5. The summed E-state index contributed by atoms with van der Waals surface area (Å²) in [6, 6.07) is 12.0. The molecule has 1 fully saturated rings. The van der Waals surface area contributed by atoms with Crippen molar-refractivity contribution >= 4 is 5.82 Å². The van der Waals surface area contributed by atoms with Crippen LogP contribution in [0.5, 0.6) is 0 Å². The molecule has 26 heavy (non-hydrogen) atoms. The van der Waals surface area contributed by atoms with E-state index < -0.39 is 0 Å². The van der Waals surface area contributed by atoms with Crippen LogP contribution in [0.4, 0.5) is 5.82 Å². The summed E-state index contributed by atoms with van der Waals surface area (Å²) in [7, 11) is 1.76. The lowest BCUT2D eigenvalue weighted by molar-refractivity contribution is 0.161. The van der Waals surface area contributed by atoms with Crippen molar-refractivity contribution in [2.45, 2.75) is 13.3 Å². The third kappa shape index (κ3) is 3.32. The molecular formula is C20H22N4O2. The molecule has 0 spiro atoms. The van der Waals surface area contributed by atoms with E-state index in [1.54, 1.807) is 13.3 Å². The van der Waals surface area contributed by atoms with Crippen LogP contribution >= 0.6 is 0 Å². The summed E-state index contributed by atoms with van der Waals surface area (Å²) < 4.78 is 10.7. The smallest absolute Gasteiger partial charge is 0.259 e. The second-order valence-electron chi connectivity index (χ2n) is 6.70. The Morgan fingerprint density at radius 1 is 1.23 bits per heavy atom. The number of pyridine rings is 1. The summed E-state index contributed by atoms with van der Waals surface area (Å²) in [6.07, 6.45) is 2.94. The molecule has 4 rings (SSSR count). The standard InChI is InChI=1S/C20H22N4O2/c1-14-5-3-4-6-17(14)19-22-20(26-23-19)16-7-8-18(21-11-16)24-10-9-15(12-24)13-25-2/h3-8,11,15H,9-10,12-13H2,1-2H3/t15-/m0/s1. The summed E-state index contributed by atoms with van der Waals surface area (Å²) in [5.74, 6) is 2.64.